The zero-order chi connectivity index (χ0) is 13.2. The molecule has 0 aliphatic carbocycles. The average molecular weight is 251 g/mol. The Balaban J connectivity index is 2.31. The summed E-state index contributed by atoms with van der Waals surface area (Å²) in [5.41, 5.74) is 8.17. The molecule has 0 aliphatic rings. The standard InChI is InChI=1S/C16H17N3/c1-2-16-18-9-10-19(16)15-8-7-12(11-17)13-5-3-4-6-14(13)15/h3-10H,2,11,17H2,1H3. The van der Waals surface area contributed by atoms with E-state index in [0.717, 1.165) is 12.2 Å². The van der Waals surface area contributed by atoms with E-state index >= 15 is 0 Å². The summed E-state index contributed by atoms with van der Waals surface area (Å²) >= 11 is 0. The number of imidazole rings is 1. The van der Waals surface area contributed by atoms with E-state index in [1.165, 1.54) is 22.0 Å². The predicted molar refractivity (Wildman–Crippen MR) is 78.3 cm³/mol. The molecule has 1 heterocycles. The summed E-state index contributed by atoms with van der Waals surface area (Å²) in [7, 11) is 0. The highest BCUT2D eigenvalue weighted by Crippen LogP contribution is 2.26. The van der Waals surface area contributed by atoms with Crippen LogP contribution in [0.5, 0.6) is 0 Å². The van der Waals surface area contributed by atoms with E-state index in [9.17, 15) is 0 Å². The van der Waals surface area contributed by atoms with Crippen LogP contribution in [0.4, 0.5) is 0 Å². The molecule has 0 atom stereocenters. The number of hydrogen-bond acceptors (Lipinski definition) is 2. The third-order valence-corrected chi connectivity index (χ3v) is 3.50. The molecule has 0 bridgehead atoms. The fourth-order valence-corrected chi connectivity index (χ4v) is 2.55. The summed E-state index contributed by atoms with van der Waals surface area (Å²) in [4.78, 5) is 4.40. The quantitative estimate of drug-likeness (QED) is 0.777. The highest BCUT2D eigenvalue weighted by molar-refractivity contribution is 5.92. The SMILES string of the molecule is CCc1nccn1-c1ccc(CN)c2ccccc12. The summed E-state index contributed by atoms with van der Waals surface area (Å²) in [5, 5.41) is 2.44. The predicted octanol–water partition coefficient (Wildman–Crippen LogP) is 3.05. The number of nitrogens with two attached hydrogens (primary N) is 1. The van der Waals surface area contributed by atoms with E-state index in [0.29, 0.717) is 6.54 Å². The Morgan fingerprint density at radius 1 is 1.11 bits per heavy atom. The molecule has 3 aromatic rings. The third-order valence-electron chi connectivity index (χ3n) is 3.50. The zero-order valence-corrected chi connectivity index (χ0v) is 11.0. The molecular formula is C16H17N3. The van der Waals surface area contributed by atoms with Crippen LogP contribution in [-0.2, 0) is 13.0 Å². The minimum atomic E-state index is 0.561. The number of nitrogens with zero attached hydrogens (tertiary/aromatic N) is 2. The van der Waals surface area contributed by atoms with Crippen molar-refractivity contribution in [3.63, 3.8) is 0 Å². The Kier molecular flexibility index (Phi) is 3.05. The third kappa shape index (κ3) is 1.92. The maximum Gasteiger partial charge on any atom is 0.112 e. The van der Waals surface area contributed by atoms with E-state index in [2.05, 4.69) is 52.9 Å². The summed E-state index contributed by atoms with van der Waals surface area (Å²) in [6, 6.07) is 12.6. The van der Waals surface area contributed by atoms with Crippen molar-refractivity contribution < 1.29 is 0 Å². The molecule has 0 amide bonds. The molecule has 19 heavy (non-hydrogen) atoms. The van der Waals surface area contributed by atoms with Crippen molar-refractivity contribution in [2.45, 2.75) is 19.9 Å². The molecular weight excluding hydrogens is 234 g/mol. The largest absolute Gasteiger partial charge is 0.326 e. The molecule has 1 aromatic heterocycles. The maximum atomic E-state index is 5.82. The molecule has 2 aromatic carbocycles. The van der Waals surface area contributed by atoms with Crippen molar-refractivity contribution in [2.75, 3.05) is 0 Å². The first-order valence-corrected chi connectivity index (χ1v) is 6.58. The maximum absolute atomic E-state index is 5.82. The zero-order valence-electron chi connectivity index (χ0n) is 11.0. The van der Waals surface area contributed by atoms with Gasteiger partial charge in [0.1, 0.15) is 5.82 Å². The Hall–Kier alpha value is -2.13. The number of benzene rings is 2. The van der Waals surface area contributed by atoms with Gasteiger partial charge in [0.15, 0.2) is 0 Å². The minimum absolute atomic E-state index is 0.561. The Bertz CT molecular complexity index is 713. The van der Waals surface area contributed by atoms with Crippen LogP contribution in [0.2, 0.25) is 0 Å². The summed E-state index contributed by atoms with van der Waals surface area (Å²) in [5.74, 6) is 1.07. The molecule has 0 saturated carbocycles. The smallest absolute Gasteiger partial charge is 0.112 e. The summed E-state index contributed by atoms with van der Waals surface area (Å²) < 4.78 is 2.16. The topological polar surface area (TPSA) is 43.8 Å². The second-order valence-corrected chi connectivity index (χ2v) is 4.56. The van der Waals surface area contributed by atoms with E-state index in [1.807, 2.05) is 12.4 Å². The number of fused-ring (bicyclic) bond motifs is 1. The molecule has 3 nitrogen and oxygen atoms in total. The Morgan fingerprint density at radius 3 is 2.63 bits per heavy atom. The lowest BCUT2D eigenvalue weighted by molar-refractivity contribution is 0.895. The lowest BCUT2D eigenvalue weighted by Gasteiger charge is -2.12. The average Bonchev–Trinajstić information content (AvgIpc) is 2.94. The second-order valence-electron chi connectivity index (χ2n) is 4.56. The lowest BCUT2D eigenvalue weighted by atomic mass is 10.0. The first-order chi connectivity index (χ1) is 9.35. The summed E-state index contributed by atoms with van der Waals surface area (Å²) in [6.07, 6.45) is 4.78. The van der Waals surface area contributed by atoms with Gasteiger partial charge in [-0.1, -0.05) is 37.3 Å². The van der Waals surface area contributed by atoms with Crippen LogP contribution in [0.3, 0.4) is 0 Å². The first kappa shape index (κ1) is 11.9. The van der Waals surface area contributed by atoms with Gasteiger partial charge in [-0.15, -0.1) is 0 Å². The van der Waals surface area contributed by atoms with Crippen LogP contribution >= 0.6 is 0 Å². The van der Waals surface area contributed by atoms with Crippen molar-refractivity contribution >= 4 is 10.8 Å². The molecule has 0 aliphatic heterocycles. The first-order valence-electron chi connectivity index (χ1n) is 6.58. The normalized spacial score (nSPS) is 11.1. The van der Waals surface area contributed by atoms with Gasteiger partial charge in [-0.3, -0.25) is 0 Å². The fraction of sp³-hybridized carbons (Fsp3) is 0.188. The molecule has 0 saturated heterocycles. The number of aryl methyl sites for hydroxylation is 1. The van der Waals surface area contributed by atoms with Gasteiger partial charge in [0.2, 0.25) is 0 Å². The van der Waals surface area contributed by atoms with Gasteiger partial charge in [-0.25, -0.2) is 4.98 Å². The molecule has 0 fully saturated rings. The highest BCUT2D eigenvalue weighted by atomic mass is 15.1. The van der Waals surface area contributed by atoms with Gasteiger partial charge in [0.25, 0.3) is 0 Å². The van der Waals surface area contributed by atoms with E-state index in [1.54, 1.807) is 0 Å². The monoisotopic (exact) mass is 251 g/mol. The highest BCUT2D eigenvalue weighted by Gasteiger charge is 2.08. The van der Waals surface area contributed by atoms with Crippen LogP contribution < -0.4 is 5.73 Å². The molecule has 0 spiro atoms. The number of hydrogen-bond donors (Lipinski definition) is 1. The number of aromatic nitrogens is 2. The van der Waals surface area contributed by atoms with Crippen LogP contribution in [0.15, 0.2) is 48.8 Å². The molecule has 3 heteroatoms. The van der Waals surface area contributed by atoms with Crippen LogP contribution in [-0.4, -0.2) is 9.55 Å². The van der Waals surface area contributed by atoms with Crippen LogP contribution in [0, 0.1) is 0 Å². The van der Waals surface area contributed by atoms with Gasteiger partial charge >= 0.3 is 0 Å². The van der Waals surface area contributed by atoms with Gasteiger partial charge in [-0.05, 0) is 17.0 Å². The molecule has 2 N–H and O–H groups in total. The van der Waals surface area contributed by atoms with Gasteiger partial charge < -0.3 is 10.3 Å². The van der Waals surface area contributed by atoms with E-state index < -0.39 is 0 Å². The lowest BCUT2D eigenvalue weighted by Crippen LogP contribution is -2.02. The van der Waals surface area contributed by atoms with Crippen molar-refractivity contribution in [1.82, 2.24) is 9.55 Å². The van der Waals surface area contributed by atoms with Crippen LogP contribution in [0.1, 0.15) is 18.3 Å². The summed E-state index contributed by atoms with van der Waals surface area (Å²) in [6.45, 7) is 2.68. The Labute approximate surface area is 112 Å². The Morgan fingerprint density at radius 2 is 1.89 bits per heavy atom. The van der Waals surface area contributed by atoms with Crippen molar-refractivity contribution in [2.24, 2.45) is 5.73 Å². The van der Waals surface area contributed by atoms with Crippen molar-refractivity contribution in [3.8, 4) is 5.69 Å². The van der Waals surface area contributed by atoms with Gasteiger partial charge in [0.05, 0.1) is 5.69 Å². The molecule has 0 radical (unpaired) electrons. The van der Waals surface area contributed by atoms with Crippen LogP contribution in [0.25, 0.3) is 16.5 Å². The molecule has 3 rings (SSSR count). The van der Waals surface area contributed by atoms with E-state index in [-0.39, 0.29) is 0 Å². The second kappa shape index (κ2) is 4.86. The van der Waals surface area contributed by atoms with Gasteiger partial charge in [0, 0.05) is 30.7 Å². The minimum Gasteiger partial charge on any atom is -0.326 e. The van der Waals surface area contributed by atoms with Crippen molar-refractivity contribution in [1.29, 1.82) is 0 Å². The molecule has 96 valence electrons. The van der Waals surface area contributed by atoms with Gasteiger partial charge in [-0.2, -0.15) is 0 Å². The molecule has 0 unspecified atom stereocenters. The van der Waals surface area contributed by atoms with Crippen molar-refractivity contribution in [3.05, 3.63) is 60.2 Å². The van der Waals surface area contributed by atoms with E-state index in [4.69, 9.17) is 5.73 Å². The number of rotatable bonds is 3. The fourth-order valence-electron chi connectivity index (χ4n) is 2.55.